The van der Waals surface area contributed by atoms with Crippen molar-refractivity contribution >= 4 is 28.0 Å². The van der Waals surface area contributed by atoms with Crippen molar-refractivity contribution in [2.24, 2.45) is 22.7 Å². The van der Waals surface area contributed by atoms with Crippen LogP contribution < -0.4 is 5.32 Å². The Labute approximate surface area is 153 Å². The fourth-order valence-corrected chi connectivity index (χ4v) is 5.77. The van der Waals surface area contributed by atoms with E-state index < -0.39 is 0 Å². The highest BCUT2D eigenvalue weighted by Gasteiger charge is 2.68. The Hall–Kier alpha value is -1.20. The number of carbonyl (C=O) groups is 2. The van der Waals surface area contributed by atoms with Gasteiger partial charge in [0.15, 0.2) is 5.78 Å². The van der Waals surface area contributed by atoms with Crippen molar-refractivity contribution in [3.8, 4) is 0 Å². The number of anilines is 1. The molecule has 2 heterocycles. The lowest BCUT2D eigenvalue weighted by molar-refractivity contribution is -0.118. The predicted octanol–water partition coefficient (Wildman–Crippen LogP) is 4.94. The van der Waals surface area contributed by atoms with Gasteiger partial charge in [0.1, 0.15) is 5.00 Å². The van der Waals surface area contributed by atoms with Gasteiger partial charge in [0.05, 0.1) is 18.3 Å². The maximum atomic E-state index is 13.0. The van der Waals surface area contributed by atoms with E-state index in [9.17, 15) is 9.59 Å². The molecule has 1 aromatic rings. The van der Waals surface area contributed by atoms with Gasteiger partial charge in [-0.25, -0.2) is 0 Å². The molecular formula is C20H27NO3S. The van der Waals surface area contributed by atoms with Crippen LogP contribution in [0.2, 0.25) is 0 Å². The third kappa shape index (κ3) is 2.35. The Morgan fingerprint density at radius 3 is 2.32 bits per heavy atom. The van der Waals surface area contributed by atoms with Crippen LogP contribution in [-0.4, -0.2) is 11.7 Å². The van der Waals surface area contributed by atoms with Crippen LogP contribution in [0.4, 0.5) is 5.00 Å². The molecule has 1 atom stereocenters. The molecule has 1 aliphatic heterocycles. The number of carbonyl (C=O) groups excluding carboxylic acids is 2. The minimum absolute atomic E-state index is 0.00831. The molecule has 0 saturated heterocycles. The Morgan fingerprint density at radius 2 is 1.80 bits per heavy atom. The fraction of sp³-hybridized carbons (Fsp3) is 0.700. The summed E-state index contributed by atoms with van der Waals surface area (Å²) < 4.78 is 5.72. The van der Waals surface area contributed by atoms with Crippen molar-refractivity contribution in [2.75, 3.05) is 5.32 Å². The van der Waals surface area contributed by atoms with Crippen molar-refractivity contribution in [3.05, 3.63) is 16.0 Å². The lowest BCUT2D eigenvalue weighted by Gasteiger charge is -2.25. The highest BCUT2D eigenvalue weighted by Crippen LogP contribution is 2.68. The fourth-order valence-electron chi connectivity index (χ4n) is 4.56. The number of ether oxygens (including phenoxy) is 1. The maximum Gasteiger partial charge on any atom is 0.229 e. The van der Waals surface area contributed by atoms with Crippen LogP contribution >= 0.6 is 11.3 Å². The number of Topliss-reactive ketones (excluding diaryl/α,β-unsaturated/α-hetero) is 1. The SMILES string of the molecule is CC1OCc2sc(NC(=O)C3C(C)(C)C3(C)C)c(C(=O)C3CCC3)c21. The molecule has 1 unspecified atom stereocenters. The molecule has 3 aliphatic rings. The van der Waals surface area contributed by atoms with E-state index in [0.717, 1.165) is 40.3 Å². The summed E-state index contributed by atoms with van der Waals surface area (Å²) in [6.07, 6.45) is 2.99. The number of fused-ring (bicyclic) bond motifs is 1. The molecule has 2 aliphatic carbocycles. The molecule has 4 nitrogen and oxygen atoms in total. The quantitative estimate of drug-likeness (QED) is 0.773. The zero-order valence-electron chi connectivity index (χ0n) is 15.7. The van der Waals surface area contributed by atoms with Crippen molar-refractivity contribution in [1.29, 1.82) is 0 Å². The van der Waals surface area contributed by atoms with Gasteiger partial charge in [-0.3, -0.25) is 9.59 Å². The average molecular weight is 362 g/mol. The lowest BCUT2D eigenvalue weighted by atomic mass is 9.79. The van der Waals surface area contributed by atoms with Gasteiger partial charge in [0.2, 0.25) is 5.91 Å². The van der Waals surface area contributed by atoms with Gasteiger partial charge >= 0.3 is 0 Å². The van der Waals surface area contributed by atoms with Gasteiger partial charge in [-0.1, -0.05) is 34.1 Å². The summed E-state index contributed by atoms with van der Waals surface area (Å²) in [6.45, 7) is 11.1. The van der Waals surface area contributed by atoms with Gasteiger partial charge in [0.25, 0.3) is 0 Å². The minimum Gasteiger partial charge on any atom is -0.368 e. The van der Waals surface area contributed by atoms with Crippen LogP contribution in [0.25, 0.3) is 0 Å². The van der Waals surface area contributed by atoms with E-state index in [1.165, 1.54) is 11.3 Å². The van der Waals surface area contributed by atoms with Gasteiger partial charge in [0, 0.05) is 22.3 Å². The van der Waals surface area contributed by atoms with Crippen molar-refractivity contribution in [2.45, 2.75) is 66.6 Å². The molecule has 2 fully saturated rings. The van der Waals surface area contributed by atoms with E-state index in [2.05, 4.69) is 33.0 Å². The number of amides is 1. The summed E-state index contributed by atoms with van der Waals surface area (Å²) in [4.78, 5) is 27.0. The maximum absolute atomic E-state index is 13.0. The van der Waals surface area contributed by atoms with Crippen molar-refractivity contribution < 1.29 is 14.3 Å². The van der Waals surface area contributed by atoms with Crippen molar-refractivity contribution in [1.82, 2.24) is 0 Å². The number of hydrogen-bond donors (Lipinski definition) is 1. The molecule has 5 heteroatoms. The van der Waals surface area contributed by atoms with Crippen LogP contribution in [0.1, 0.15) is 80.8 Å². The molecule has 1 aromatic heterocycles. The van der Waals surface area contributed by atoms with E-state index in [-0.39, 0.29) is 40.5 Å². The zero-order chi connectivity index (χ0) is 18.1. The van der Waals surface area contributed by atoms with Crippen LogP contribution in [0, 0.1) is 22.7 Å². The van der Waals surface area contributed by atoms with E-state index in [1.54, 1.807) is 0 Å². The van der Waals surface area contributed by atoms with Crippen molar-refractivity contribution in [3.63, 3.8) is 0 Å². The summed E-state index contributed by atoms with van der Waals surface area (Å²) in [5.41, 5.74) is 1.74. The predicted molar refractivity (Wildman–Crippen MR) is 98.9 cm³/mol. The third-order valence-electron chi connectivity index (χ3n) is 7.14. The number of nitrogens with one attached hydrogen (secondary N) is 1. The summed E-state index contributed by atoms with van der Waals surface area (Å²) in [5.74, 6) is 0.352. The summed E-state index contributed by atoms with van der Waals surface area (Å²) in [7, 11) is 0. The summed E-state index contributed by atoms with van der Waals surface area (Å²) in [5, 5.41) is 3.87. The smallest absolute Gasteiger partial charge is 0.229 e. The molecule has 0 bridgehead atoms. The Bertz CT molecular complexity index is 743. The number of rotatable bonds is 4. The highest BCUT2D eigenvalue weighted by molar-refractivity contribution is 7.17. The molecule has 136 valence electrons. The van der Waals surface area contributed by atoms with E-state index in [4.69, 9.17) is 4.74 Å². The average Bonchev–Trinajstić information content (AvgIpc) is 2.79. The number of ketones is 1. The number of hydrogen-bond acceptors (Lipinski definition) is 4. The first-order valence-electron chi connectivity index (χ1n) is 9.28. The van der Waals surface area contributed by atoms with Gasteiger partial charge in [-0.2, -0.15) is 0 Å². The molecule has 25 heavy (non-hydrogen) atoms. The zero-order valence-corrected chi connectivity index (χ0v) is 16.5. The molecular weight excluding hydrogens is 334 g/mol. The van der Waals surface area contributed by atoms with Gasteiger partial charge in [-0.15, -0.1) is 11.3 Å². The molecule has 0 aromatic carbocycles. The molecule has 0 radical (unpaired) electrons. The normalized spacial score (nSPS) is 26.8. The Kier molecular flexibility index (Phi) is 3.72. The first-order valence-corrected chi connectivity index (χ1v) is 10.1. The monoisotopic (exact) mass is 361 g/mol. The molecule has 1 N–H and O–H groups in total. The first kappa shape index (κ1) is 17.2. The third-order valence-corrected chi connectivity index (χ3v) is 8.23. The van der Waals surface area contributed by atoms with Gasteiger partial charge < -0.3 is 10.1 Å². The minimum atomic E-state index is -0.0651. The van der Waals surface area contributed by atoms with Crippen LogP contribution in [0.3, 0.4) is 0 Å². The van der Waals surface area contributed by atoms with Crippen LogP contribution in [-0.2, 0) is 16.1 Å². The highest BCUT2D eigenvalue weighted by atomic mass is 32.1. The second-order valence-electron chi connectivity index (χ2n) is 8.95. The Balaban J connectivity index is 1.65. The molecule has 1 amide bonds. The van der Waals surface area contributed by atoms with E-state index in [0.29, 0.717) is 6.61 Å². The number of thiophene rings is 1. The van der Waals surface area contributed by atoms with E-state index >= 15 is 0 Å². The summed E-state index contributed by atoms with van der Waals surface area (Å²) >= 11 is 1.53. The first-order chi connectivity index (χ1) is 11.7. The van der Waals surface area contributed by atoms with E-state index in [1.807, 2.05) is 6.92 Å². The molecule has 2 saturated carbocycles. The molecule has 4 rings (SSSR count). The van der Waals surface area contributed by atoms with Crippen LogP contribution in [0.15, 0.2) is 0 Å². The molecule has 0 spiro atoms. The second kappa shape index (κ2) is 5.40. The summed E-state index contributed by atoms with van der Waals surface area (Å²) in [6, 6.07) is 0. The lowest BCUT2D eigenvalue weighted by Crippen LogP contribution is -2.25. The van der Waals surface area contributed by atoms with Crippen LogP contribution in [0.5, 0.6) is 0 Å². The Morgan fingerprint density at radius 1 is 1.16 bits per heavy atom. The second-order valence-corrected chi connectivity index (χ2v) is 10.1. The largest absolute Gasteiger partial charge is 0.368 e. The standard InChI is InChI=1S/C20H27NO3S/c1-10-13-12(9-24-10)25-18(14(13)15(22)11-7-6-8-11)21-17(23)16-19(2,3)20(16,4)5/h10-11,16H,6-9H2,1-5H3,(H,21,23). The van der Waals surface area contributed by atoms with Gasteiger partial charge in [-0.05, 0) is 30.6 Å². The topological polar surface area (TPSA) is 55.4 Å².